The van der Waals surface area contributed by atoms with Crippen LogP contribution in [0, 0.1) is 13.8 Å². The van der Waals surface area contributed by atoms with Gasteiger partial charge in [0, 0.05) is 35.8 Å². The molecule has 0 aliphatic rings. The lowest BCUT2D eigenvalue weighted by atomic mass is 9.96. The van der Waals surface area contributed by atoms with Crippen LogP contribution in [-0.4, -0.2) is 19.9 Å². The number of fused-ring (bicyclic) bond motifs is 2. The van der Waals surface area contributed by atoms with Gasteiger partial charge < -0.3 is 15.8 Å². The molecule has 2 aromatic carbocycles. The molecular weight excluding hydrogens is 496 g/mol. The van der Waals surface area contributed by atoms with Crippen molar-refractivity contribution >= 4 is 44.9 Å². The van der Waals surface area contributed by atoms with Crippen molar-refractivity contribution in [3.63, 3.8) is 0 Å². The summed E-state index contributed by atoms with van der Waals surface area (Å²) in [6.45, 7) is 7.39. The molecule has 0 aliphatic carbocycles. The van der Waals surface area contributed by atoms with Gasteiger partial charge in [-0.1, -0.05) is 31.0 Å². The summed E-state index contributed by atoms with van der Waals surface area (Å²) in [5.74, 6) is 1.75. The van der Waals surface area contributed by atoms with Gasteiger partial charge in [0.25, 0.3) is 0 Å². The first-order chi connectivity index (χ1) is 18.4. The van der Waals surface area contributed by atoms with Gasteiger partial charge in [-0.25, -0.2) is 15.0 Å². The molecule has 0 saturated carbocycles. The van der Waals surface area contributed by atoms with Gasteiger partial charge in [-0.05, 0) is 84.2 Å². The summed E-state index contributed by atoms with van der Waals surface area (Å²) in [5.41, 5.74) is 12.9. The Labute approximate surface area is 227 Å². The van der Waals surface area contributed by atoms with E-state index in [9.17, 15) is 0 Å². The molecule has 38 heavy (non-hydrogen) atoms. The van der Waals surface area contributed by atoms with E-state index < -0.39 is 0 Å². The predicted octanol–water partition coefficient (Wildman–Crippen LogP) is 6.96. The van der Waals surface area contributed by atoms with Crippen molar-refractivity contribution in [2.75, 3.05) is 11.1 Å². The van der Waals surface area contributed by atoms with Crippen LogP contribution < -0.4 is 15.8 Å². The van der Waals surface area contributed by atoms with Crippen LogP contribution in [0.15, 0.2) is 55.1 Å². The fraction of sp³-hybridized carbons (Fsp3) is 0.267. The van der Waals surface area contributed by atoms with E-state index in [1.165, 1.54) is 23.0 Å². The minimum absolute atomic E-state index is 0.385. The van der Waals surface area contributed by atoms with Gasteiger partial charge in [0.05, 0.1) is 10.5 Å². The molecule has 0 saturated heterocycles. The lowest BCUT2D eigenvalue weighted by molar-refractivity contribution is 0.293. The van der Waals surface area contributed by atoms with Crippen molar-refractivity contribution in [3.05, 3.63) is 88.0 Å². The summed E-state index contributed by atoms with van der Waals surface area (Å²) < 4.78 is 6.08. The number of benzene rings is 2. The molecule has 0 radical (unpaired) electrons. The van der Waals surface area contributed by atoms with Gasteiger partial charge in [0.2, 0.25) is 5.88 Å². The highest BCUT2D eigenvalue weighted by molar-refractivity contribution is 6.31. The number of hydrogen-bond acceptors (Lipinski definition) is 7. The van der Waals surface area contributed by atoms with Crippen LogP contribution in [0.2, 0.25) is 5.02 Å². The first-order valence-corrected chi connectivity index (χ1v) is 13.2. The van der Waals surface area contributed by atoms with Crippen LogP contribution in [0.4, 0.5) is 11.6 Å². The lowest BCUT2D eigenvalue weighted by Gasteiger charge is -2.15. The molecule has 7 nitrogen and oxygen atoms in total. The van der Waals surface area contributed by atoms with Crippen LogP contribution in [0.25, 0.3) is 21.7 Å². The fourth-order valence-electron chi connectivity index (χ4n) is 4.86. The summed E-state index contributed by atoms with van der Waals surface area (Å²) in [6, 6.07) is 12.1. The highest BCUT2D eigenvalue weighted by atomic mass is 35.5. The highest BCUT2D eigenvalue weighted by Gasteiger charge is 2.11. The van der Waals surface area contributed by atoms with Crippen molar-refractivity contribution in [1.29, 1.82) is 0 Å². The van der Waals surface area contributed by atoms with E-state index in [-0.39, 0.29) is 0 Å². The Morgan fingerprint density at radius 1 is 1.00 bits per heavy atom. The molecule has 5 aromatic rings. The van der Waals surface area contributed by atoms with Crippen LogP contribution in [0.3, 0.4) is 0 Å². The zero-order chi connectivity index (χ0) is 26.6. The number of nitrogen functional groups attached to an aromatic ring is 1. The number of aryl methyl sites for hydroxylation is 3. The van der Waals surface area contributed by atoms with Crippen molar-refractivity contribution in [3.8, 4) is 5.88 Å². The van der Waals surface area contributed by atoms with Gasteiger partial charge in [0.1, 0.15) is 24.6 Å². The fourth-order valence-corrected chi connectivity index (χ4v) is 5.03. The van der Waals surface area contributed by atoms with Crippen molar-refractivity contribution in [2.24, 2.45) is 0 Å². The highest BCUT2D eigenvalue weighted by Crippen LogP contribution is 2.29. The van der Waals surface area contributed by atoms with Gasteiger partial charge in [0.15, 0.2) is 0 Å². The average Bonchev–Trinajstić information content (AvgIpc) is 2.91. The summed E-state index contributed by atoms with van der Waals surface area (Å²) in [7, 11) is 0. The number of pyridine rings is 2. The van der Waals surface area contributed by atoms with E-state index in [0.29, 0.717) is 35.7 Å². The Morgan fingerprint density at radius 2 is 1.87 bits per heavy atom. The van der Waals surface area contributed by atoms with E-state index in [1.54, 1.807) is 12.4 Å². The molecule has 5 rings (SSSR count). The molecule has 0 atom stereocenters. The SMILES string of the molecule is CCCCc1cc(COc2cc(NCc3c(C)cc4c(N)nccc4c3C)ncn2)cc2cc(Cl)cnc12. The summed E-state index contributed by atoms with van der Waals surface area (Å²) in [5, 5.41) is 7.16. The minimum atomic E-state index is 0.385. The summed E-state index contributed by atoms with van der Waals surface area (Å²) >= 11 is 6.22. The smallest absolute Gasteiger partial charge is 0.218 e. The van der Waals surface area contributed by atoms with Gasteiger partial charge >= 0.3 is 0 Å². The van der Waals surface area contributed by atoms with E-state index >= 15 is 0 Å². The number of anilines is 2. The van der Waals surface area contributed by atoms with Crippen LogP contribution in [0.1, 0.15) is 47.6 Å². The molecule has 0 amide bonds. The third-order valence-corrected chi connectivity index (χ3v) is 7.08. The monoisotopic (exact) mass is 526 g/mol. The maximum absolute atomic E-state index is 6.22. The number of nitrogens with one attached hydrogen (secondary N) is 1. The maximum atomic E-state index is 6.22. The van der Waals surface area contributed by atoms with E-state index in [2.05, 4.69) is 64.2 Å². The Kier molecular flexibility index (Phi) is 7.56. The van der Waals surface area contributed by atoms with Crippen molar-refractivity contribution in [1.82, 2.24) is 19.9 Å². The van der Waals surface area contributed by atoms with Crippen LogP contribution in [-0.2, 0) is 19.6 Å². The first-order valence-electron chi connectivity index (χ1n) is 12.8. The van der Waals surface area contributed by atoms with Crippen LogP contribution >= 0.6 is 11.6 Å². The average molecular weight is 527 g/mol. The Bertz CT molecular complexity index is 1620. The minimum Gasteiger partial charge on any atom is -0.473 e. The second kappa shape index (κ2) is 11.2. The van der Waals surface area contributed by atoms with Gasteiger partial charge in [-0.3, -0.25) is 4.98 Å². The number of hydrogen-bond donors (Lipinski definition) is 2. The second-order valence-corrected chi connectivity index (χ2v) is 9.99. The number of aromatic nitrogens is 4. The maximum Gasteiger partial charge on any atom is 0.218 e. The third kappa shape index (κ3) is 5.48. The molecule has 0 unspecified atom stereocenters. The number of unbranched alkanes of at least 4 members (excludes halogenated alkanes) is 1. The first kappa shape index (κ1) is 25.7. The third-order valence-electron chi connectivity index (χ3n) is 6.88. The summed E-state index contributed by atoms with van der Waals surface area (Å²) in [4.78, 5) is 17.5. The summed E-state index contributed by atoms with van der Waals surface area (Å²) in [6.07, 6.45) is 8.16. The Morgan fingerprint density at radius 3 is 2.71 bits per heavy atom. The van der Waals surface area contributed by atoms with Crippen LogP contribution in [0.5, 0.6) is 5.88 Å². The quantitative estimate of drug-likeness (QED) is 0.214. The van der Waals surface area contributed by atoms with Gasteiger partial charge in [-0.15, -0.1) is 0 Å². The largest absolute Gasteiger partial charge is 0.473 e. The molecular formula is C30H31ClN6O. The lowest BCUT2D eigenvalue weighted by Crippen LogP contribution is -2.07. The number of halogens is 1. The predicted molar refractivity (Wildman–Crippen MR) is 155 cm³/mol. The molecule has 0 spiro atoms. The number of ether oxygens (including phenoxy) is 1. The number of nitrogens with two attached hydrogens (primary N) is 1. The molecule has 3 N–H and O–H groups in total. The Balaban J connectivity index is 1.31. The topological polar surface area (TPSA) is 98.8 Å². The number of rotatable bonds is 9. The molecule has 194 valence electrons. The van der Waals surface area contributed by atoms with E-state index in [0.717, 1.165) is 52.1 Å². The van der Waals surface area contributed by atoms with Gasteiger partial charge in [-0.2, -0.15) is 0 Å². The Hall–Kier alpha value is -3.97. The molecule has 3 heterocycles. The van der Waals surface area contributed by atoms with E-state index in [1.807, 2.05) is 18.2 Å². The van der Waals surface area contributed by atoms with Crippen molar-refractivity contribution < 1.29 is 4.74 Å². The second-order valence-electron chi connectivity index (χ2n) is 9.56. The van der Waals surface area contributed by atoms with Crippen molar-refractivity contribution in [2.45, 2.75) is 53.2 Å². The zero-order valence-electron chi connectivity index (χ0n) is 21.9. The molecule has 3 aromatic heterocycles. The van der Waals surface area contributed by atoms with E-state index in [4.69, 9.17) is 22.1 Å². The number of nitrogens with zero attached hydrogens (tertiary/aromatic N) is 4. The molecule has 0 fully saturated rings. The zero-order valence-corrected chi connectivity index (χ0v) is 22.6. The molecule has 8 heteroatoms. The standard InChI is InChI=1S/C30H31ClN6O/c1-4-5-6-21-10-20(11-22-12-23(31)14-35-29(21)22)16-38-28-13-27(36-17-37-28)34-15-26-18(2)9-25-24(19(26)3)7-8-33-30(25)32/h7-14,17H,4-6,15-16H2,1-3H3,(H2,32,33)(H,34,36,37). The normalized spacial score (nSPS) is 11.3. The molecule has 0 aliphatic heterocycles. The molecule has 0 bridgehead atoms.